The fraction of sp³-hybridized carbons (Fsp3) is 0.286. The first-order valence-corrected chi connectivity index (χ1v) is 10.6. The average Bonchev–Trinajstić information content (AvgIpc) is 3.00. The molecule has 1 aromatic heterocycles. The van der Waals surface area contributed by atoms with Crippen molar-refractivity contribution in [3.63, 3.8) is 0 Å². The molecule has 0 bridgehead atoms. The molecule has 1 heterocycles. The first-order chi connectivity index (χ1) is 13.0. The number of hydrogen-bond donors (Lipinski definition) is 1. The standard InChI is InChI=1S/C21H22N2O3S/c1-14-21(15(2)26-22-14)17-10-12-18(13-11-17)27(24,25)23-20-9-5-7-16-6-3-4-8-19(16)20/h3-4,6,8,10-13,20,23H,5,7,9H2,1-2H3. The third kappa shape index (κ3) is 3.42. The van der Waals surface area contributed by atoms with Gasteiger partial charge in [-0.3, -0.25) is 0 Å². The van der Waals surface area contributed by atoms with E-state index in [1.165, 1.54) is 5.56 Å². The zero-order valence-electron chi connectivity index (χ0n) is 15.4. The molecule has 0 fully saturated rings. The molecular formula is C21H22N2O3S. The number of aromatic nitrogens is 1. The molecule has 0 spiro atoms. The van der Waals surface area contributed by atoms with Crippen LogP contribution in [-0.4, -0.2) is 13.6 Å². The lowest BCUT2D eigenvalue weighted by molar-refractivity contribution is 0.393. The lowest BCUT2D eigenvalue weighted by atomic mass is 9.88. The predicted octanol–water partition coefficient (Wildman–Crippen LogP) is 4.31. The number of fused-ring (bicyclic) bond motifs is 1. The molecule has 1 atom stereocenters. The monoisotopic (exact) mass is 382 g/mol. The van der Waals surface area contributed by atoms with E-state index in [4.69, 9.17) is 4.52 Å². The summed E-state index contributed by atoms with van der Waals surface area (Å²) in [5, 5.41) is 3.96. The summed E-state index contributed by atoms with van der Waals surface area (Å²) in [7, 11) is -3.60. The van der Waals surface area contributed by atoms with E-state index in [1.54, 1.807) is 24.3 Å². The molecule has 140 valence electrons. The Bertz CT molecular complexity index is 1050. The maximum Gasteiger partial charge on any atom is 0.241 e. The van der Waals surface area contributed by atoms with E-state index in [2.05, 4.69) is 15.9 Å². The van der Waals surface area contributed by atoms with Crippen molar-refractivity contribution < 1.29 is 12.9 Å². The quantitative estimate of drug-likeness (QED) is 0.730. The van der Waals surface area contributed by atoms with Crippen molar-refractivity contribution in [2.45, 2.75) is 44.0 Å². The van der Waals surface area contributed by atoms with Crippen LogP contribution in [0.5, 0.6) is 0 Å². The number of rotatable bonds is 4. The molecule has 1 aliphatic carbocycles. The fourth-order valence-electron chi connectivity index (χ4n) is 3.83. The maximum absolute atomic E-state index is 12.9. The molecule has 2 aromatic carbocycles. The molecule has 0 aliphatic heterocycles. The third-order valence-corrected chi connectivity index (χ3v) is 6.64. The Morgan fingerprint density at radius 2 is 1.81 bits per heavy atom. The van der Waals surface area contributed by atoms with Gasteiger partial charge in [0, 0.05) is 11.6 Å². The molecule has 0 amide bonds. The van der Waals surface area contributed by atoms with Crippen LogP contribution in [-0.2, 0) is 16.4 Å². The summed E-state index contributed by atoms with van der Waals surface area (Å²) in [4.78, 5) is 0.265. The lowest BCUT2D eigenvalue weighted by Gasteiger charge is -2.26. The molecule has 1 aliphatic rings. The minimum absolute atomic E-state index is 0.179. The number of nitrogens with one attached hydrogen (secondary N) is 1. The van der Waals surface area contributed by atoms with Crippen LogP contribution >= 0.6 is 0 Å². The number of sulfonamides is 1. The Hall–Kier alpha value is -2.44. The normalized spacial score (nSPS) is 16.9. The first kappa shape index (κ1) is 17.9. The summed E-state index contributed by atoms with van der Waals surface area (Å²) in [6, 6.07) is 14.8. The third-order valence-electron chi connectivity index (χ3n) is 5.15. The summed E-state index contributed by atoms with van der Waals surface area (Å²) < 4.78 is 33.9. The van der Waals surface area contributed by atoms with E-state index in [0.717, 1.165) is 47.4 Å². The van der Waals surface area contributed by atoms with E-state index < -0.39 is 10.0 Å². The molecule has 5 nitrogen and oxygen atoms in total. The summed E-state index contributed by atoms with van der Waals surface area (Å²) in [5.41, 5.74) is 4.91. The van der Waals surface area contributed by atoms with E-state index >= 15 is 0 Å². The number of benzene rings is 2. The van der Waals surface area contributed by atoms with E-state index in [0.29, 0.717) is 0 Å². The smallest absolute Gasteiger partial charge is 0.241 e. The predicted molar refractivity (Wildman–Crippen MR) is 104 cm³/mol. The van der Waals surface area contributed by atoms with E-state index in [-0.39, 0.29) is 10.9 Å². The largest absolute Gasteiger partial charge is 0.361 e. The summed E-state index contributed by atoms with van der Waals surface area (Å²) in [6.07, 6.45) is 2.79. The SMILES string of the molecule is Cc1noc(C)c1-c1ccc(S(=O)(=O)NC2CCCc3ccccc32)cc1. The fourth-order valence-corrected chi connectivity index (χ4v) is 5.08. The molecule has 27 heavy (non-hydrogen) atoms. The van der Waals surface area contributed by atoms with Gasteiger partial charge in [0.25, 0.3) is 0 Å². The van der Waals surface area contributed by atoms with Crippen LogP contribution in [0.2, 0.25) is 0 Å². The highest BCUT2D eigenvalue weighted by Crippen LogP contribution is 2.32. The van der Waals surface area contributed by atoms with Gasteiger partial charge in [-0.15, -0.1) is 0 Å². The van der Waals surface area contributed by atoms with E-state index in [1.807, 2.05) is 32.0 Å². The van der Waals surface area contributed by atoms with Crippen molar-refractivity contribution in [3.8, 4) is 11.1 Å². The number of nitrogens with zero attached hydrogens (tertiary/aromatic N) is 1. The second kappa shape index (κ2) is 6.94. The highest BCUT2D eigenvalue weighted by molar-refractivity contribution is 7.89. The van der Waals surface area contributed by atoms with Gasteiger partial charge in [-0.1, -0.05) is 41.6 Å². The molecule has 0 radical (unpaired) electrons. The van der Waals surface area contributed by atoms with Gasteiger partial charge in [-0.2, -0.15) is 0 Å². The maximum atomic E-state index is 12.9. The van der Waals surface area contributed by atoms with Crippen molar-refractivity contribution in [3.05, 3.63) is 71.1 Å². The van der Waals surface area contributed by atoms with Gasteiger partial charge >= 0.3 is 0 Å². The Labute approximate surface area is 159 Å². The second-order valence-corrected chi connectivity index (χ2v) is 8.70. The Morgan fingerprint density at radius 1 is 1.07 bits per heavy atom. The first-order valence-electron chi connectivity index (χ1n) is 9.09. The highest BCUT2D eigenvalue weighted by Gasteiger charge is 2.25. The molecule has 1 N–H and O–H groups in total. The number of hydrogen-bond acceptors (Lipinski definition) is 4. The topological polar surface area (TPSA) is 72.2 Å². The molecule has 4 rings (SSSR count). The summed E-state index contributed by atoms with van der Waals surface area (Å²) in [5.74, 6) is 0.722. The average molecular weight is 382 g/mol. The van der Waals surface area contributed by atoms with Crippen LogP contribution in [0.15, 0.2) is 57.9 Å². The van der Waals surface area contributed by atoms with Crippen molar-refractivity contribution in [1.29, 1.82) is 0 Å². The van der Waals surface area contributed by atoms with Crippen LogP contribution in [0, 0.1) is 13.8 Å². The Kier molecular flexibility index (Phi) is 4.61. The molecule has 0 saturated carbocycles. The van der Waals surface area contributed by atoms with Gasteiger partial charge in [0.2, 0.25) is 10.0 Å². The van der Waals surface area contributed by atoms with Gasteiger partial charge < -0.3 is 4.52 Å². The van der Waals surface area contributed by atoms with Crippen molar-refractivity contribution in [1.82, 2.24) is 9.88 Å². The van der Waals surface area contributed by atoms with Gasteiger partial charge in [0.1, 0.15) is 5.76 Å². The minimum Gasteiger partial charge on any atom is -0.361 e. The molecule has 3 aromatic rings. The van der Waals surface area contributed by atoms with Gasteiger partial charge in [-0.25, -0.2) is 13.1 Å². The van der Waals surface area contributed by atoms with Crippen LogP contribution in [0.3, 0.4) is 0 Å². The number of aryl methyl sites for hydroxylation is 3. The Balaban J connectivity index is 1.60. The van der Waals surface area contributed by atoms with Crippen LogP contribution in [0.1, 0.15) is 41.5 Å². The summed E-state index contributed by atoms with van der Waals surface area (Å²) >= 11 is 0. The highest BCUT2D eigenvalue weighted by atomic mass is 32.2. The van der Waals surface area contributed by atoms with Crippen LogP contribution in [0.4, 0.5) is 0 Å². The molecule has 1 unspecified atom stereocenters. The summed E-state index contributed by atoms with van der Waals surface area (Å²) in [6.45, 7) is 3.72. The van der Waals surface area contributed by atoms with Gasteiger partial charge in [0.05, 0.1) is 10.6 Å². The zero-order chi connectivity index (χ0) is 19.0. The van der Waals surface area contributed by atoms with Crippen LogP contribution in [0.25, 0.3) is 11.1 Å². The molecule has 6 heteroatoms. The van der Waals surface area contributed by atoms with Crippen LogP contribution < -0.4 is 4.72 Å². The molecular weight excluding hydrogens is 360 g/mol. The van der Waals surface area contributed by atoms with Gasteiger partial charge in [-0.05, 0) is 61.9 Å². The van der Waals surface area contributed by atoms with Crippen molar-refractivity contribution in [2.24, 2.45) is 0 Å². The Morgan fingerprint density at radius 3 is 2.52 bits per heavy atom. The van der Waals surface area contributed by atoms with Crippen molar-refractivity contribution in [2.75, 3.05) is 0 Å². The second-order valence-electron chi connectivity index (χ2n) is 6.99. The molecule has 0 saturated heterocycles. The lowest BCUT2D eigenvalue weighted by Crippen LogP contribution is -2.31. The van der Waals surface area contributed by atoms with E-state index in [9.17, 15) is 8.42 Å². The zero-order valence-corrected chi connectivity index (χ0v) is 16.2. The van der Waals surface area contributed by atoms with Gasteiger partial charge in [0.15, 0.2) is 0 Å². The van der Waals surface area contributed by atoms with Crippen molar-refractivity contribution >= 4 is 10.0 Å². The minimum atomic E-state index is -3.60.